The van der Waals surface area contributed by atoms with Crippen LogP contribution in [0.15, 0.2) is 36.4 Å². The van der Waals surface area contributed by atoms with Gasteiger partial charge < -0.3 is 20.5 Å². The van der Waals surface area contributed by atoms with Crippen molar-refractivity contribution in [2.24, 2.45) is 0 Å². The molecule has 2 aromatic rings. The molecule has 1 aromatic carbocycles. The minimum atomic E-state index is -0.801. The number of nitrogens with two attached hydrogens (primary N) is 1. The van der Waals surface area contributed by atoms with E-state index in [0.29, 0.717) is 24.5 Å². The number of pyridine rings is 1. The summed E-state index contributed by atoms with van der Waals surface area (Å²) in [5.41, 5.74) is 6.38. The van der Waals surface area contributed by atoms with Gasteiger partial charge in [-0.3, -0.25) is 14.5 Å². The molecular formula is C20H24N4O4. The van der Waals surface area contributed by atoms with E-state index < -0.39 is 12.1 Å². The van der Waals surface area contributed by atoms with Gasteiger partial charge in [-0.2, -0.15) is 0 Å². The molecule has 1 aromatic heterocycles. The molecular weight excluding hydrogens is 360 g/mol. The number of ether oxygens (including phenoxy) is 2. The minimum Gasteiger partial charge on any atom is -0.494 e. The minimum absolute atomic E-state index is 0.245. The number of carbonyl (C=O) groups is 2. The third-order valence-corrected chi connectivity index (χ3v) is 4.44. The van der Waals surface area contributed by atoms with Crippen LogP contribution >= 0.6 is 0 Å². The highest BCUT2D eigenvalue weighted by Crippen LogP contribution is 2.35. The standard InChI is InChI=1S/C20H24N4O4/c1-4-15-20(26)24(18-16(28-15)10-11-17(21)23-18)12(3)19(25)22-13-6-8-14(9-7-13)27-5-2/h6-12,15H,4-5H2,1-3H3,(H2,21,23)(H,22,25). The third kappa shape index (κ3) is 3.85. The van der Waals surface area contributed by atoms with Crippen molar-refractivity contribution >= 4 is 29.1 Å². The molecule has 0 fully saturated rings. The van der Waals surface area contributed by atoms with E-state index in [1.165, 1.54) is 4.90 Å². The summed E-state index contributed by atoms with van der Waals surface area (Å²) in [5, 5.41) is 2.82. The van der Waals surface area contributed by atoms with E-state index in [9.17, 15) is 9.59 Å². The van der Waals surface area contributed by atoms with Crippen molar-refractivity contribution in [1.29, 1.82) is 0 Å². The van der Waals surface area contributed by atoms with Gasteiger partial charge in [-0.15, -0.1) is 0 Å². The average molecular weight is 384 g/mol. The summed E-state index contributed by atoms with van der Waals surface area (Å²) in [4.78, 5) is 31.3. The number of anilines is 3. The number of nitrogens with one attached hydrogen (secondary N) is 1. The molecule has 0 saturated carbocycles. The normalized spacial score (nSPS) is 16.8. The second kappa shape index (κ2) is 8.16. The zero-order chi connectivity index (χ0) is 20.3. The van der Waals surface area contributed by atoms with Crippen LogP contribution in [0.5, 0.6) is 11.5 Å². The Hall–Kier alpha value is -3.29. The monoisotopic (exact) mass is 384 g/mol. The Morgan fingerprint density at radius 3 is 2.64 bits per heavy atom. The van der Waals surface area contributed by atoms with Crippen LogP contribution < -0.4 is 25.4 Å². The van der Waals surface area contributed by atoms with Gasteiger partial charge in [0.1, 0.15) is 17.6 Å². The fourth-order valence-electron chi connectivity index (χ4n) is 2.98. The lowest BCUT2D eigenvalue weighted by Gasteiger charge is -2.36. The molecule has 1 aliphatic rings. The van der Waals surface area contributed by atoms with E-state index in [1.54, 1.807) is 43.3 Å². The highest BCUT2D eigenvalue weighted by Gasteiger charge is 2.39. The second-order valence-corrected chi connectivity index (χ2v) is 6.40. The highest BCUT2D eigenvalue weighted by molar-refractivity contribution is 6.07. The number of fused-ring (bicyclic) bond motifs is 1. The molecule has 0 saturated heterocycles. The number of carbonyl (C=O) groups excluding carboxylic acids is 2. The zero-order valence-electron chi connectivity index (χ0n) is 16.1. The van der Waals surface area contributed by atoms with Crippen molar-refractivity contribution in [2.75, 3.05) is 22.6 Å². The van der Waals surface area contributed by atoms with Gasteiger partial charge in [0.25, 0.3) is 5.91 Å². The Morgan fingerprint density at radius 2 is 2.00 bits per heavy atom. The van der Waals surface area contributed by atoms with Gasteiger partial charge in [0, 0.05) is 5.69 Å². The van der Waals surface area contributed by atoms with Gasteiger partial charge in [-0.1, -0.05) is 6.92 Å². The summed E-state index contributed by atoms with van der Waals surface area (Å²) in [6.45, 7) is 5.96. The van der Waals surface area contributed by atoms with Crippen molar-refractivity contribution in [2.45, 2.75) is 39.3 Å². The number of hydrogen-bond acceptors (Lipinski definition) is 6. The van der Waals surface area contributed by atoms with Gasteiger partial charge in [0.2, 0.25) is 5.91 Å². The van der Waals surface area contributed by atoms with Gasteiger partial charge >= 0.3 is 0 Å². The maximum Gasteiger partial charge on any atom is 0.270 e. The van der Waals surface area contributed by atoms with Crippen molar-refractivity contribution in [3.8, 4) is 11.5 Å². The lowest BCUT2D eigenvalue weighted by molar-refractivity contribution is -0.129. The number of benzene rings is 1. The van der Waals surface area contributed by atoms with Crippen molar-refractivity contribution < 1.29 is 19.1 Å². The quantitative estimate of drug-likeness (QED) is 0.793. The summed E-state index contributed by atoms with van der Waals surface area (Å²) >= 11 is 0. The molecule has 1 aliphatic heterocycles. The van der Waals surface area contributed by atoms with Crippen molar-refractivity contribution in [1.82, 2.24) is 4.98 Å². The van der Waals surface area contributed by atoms with E-state index >= 15 is 0 Å². The molecule has 148 valence electrons. The summed E-state index contributed by atoms with van der Waals surface area (Å²) in [7, 11) is 0. The van der Waals surface area contributed by atoms with E-state index in [1.807, 2.05) is 13.8 Å². The molecule has 2 heterocycles. The Bertz CT molecular complexity index is 869. The van der Waals surface area contributed by atoms with Crippen LogP contribution in [-0.4, -0.2) is 35.6 Å². The summed E-state index contributed by atoms with van der Waals surface area (Å²) in [6.07, 6.45) is -0.189. The smallest absolute Gasteiger partial charge is 0.270 e. The molecule has 0 aliphatic carbocycles. The first-order valence-electron chi connectivity index (χ1n) is 9.24. The van der Waals surface area contributed by atoms with Crippen molar-refractivity contribution in [3.63, 3.8) is 0 Å². The Morgan fingerprint density at radius 1 is 1.29 bits per heavy atom. The first kappa shape index (κ1) is 19.5. The number of nitrogen functional groups attached to an aromatic ring is 1. The van der Waals surface area contributed by atoms with Crippen LogP contribution in [0.4, 0.5) is 17.3 Å². The Labute approximate surface area is 163 Å². The van der Waals surface area contributed by atoms with Crippen molar-refractivity contribution in [3.05, 3.63) is 36.4 Å². The molecule has 3 rings (SSSR count). The molecule has 3 N–H and O–H groups in total. The summed E-state index contributed by atoms with van der Waals surface area (Å²) < 4.78 is 11.1. The van der Waals surface area contributed by atoms with E-state index in [2.05, 4.69) is 10.3 Å². The molecule has 28 heavy (non-hydrogen) atoms. The maximum absolute atomic E-state index is 12.9. The van der Waals surface area contributed by atoms with Crippen LogP contribution in [0, 0.1) is 0 Å². The maximum atomic E-state index is 12.9. The van der Waals surface area contributed by atoms with E-state index in [0.717, 1.165) is 5.75 Å². The van der Waals surface area contributed by atoms with Gasteiger partial charge in [-0.25, -0.2) is 4.98 Å². The first-order chi connectivity index (χ1) is 13.4. The van der Waals surface area contributed by atoms with E-state index in [-0.39, 0.29) is 23.5 Å². The Kier molecular flexibility index (Phi) is 5.67. The lowest BCUT2D eigenvalue weighted by atomic mass is 10.1. The molecule has 0 spiro atoms. The fourth-order valence-corrected chi connectivity index (χ4v) is 2.98. The molecule has 2 unspecified atom stereocenters. The Balaban J connectivity index is 1.83. The van der Waals surface area contributed by atoms with Crippen LogP contribution in [0.3, 0.4) is 0 Å². The van der Waals surface area contributed by atoms with Crippen LogP contribution in [0.2, 0.25) is 0 Å². The van der Waals surface area contributed by atoms with Gasteiger partial charge in [0.05, 0.1) is 6.61 Å². The lowest BCUT2D eigenvalue weighted by Crippen LogP contribution is -2.53. The molecule has 8 heteroatoms. The first-order valence-corrected chi connectivity index (χ1v) is 9.24. The number of hydrogen-bond donors (Lipinski definition) is 2. The average Bonchev–Trinajstić information content (AvgIpc) is 2.69. The predicted molar refractivity (Wildman–Crippen MR) is 107 cm³/mol. The number of amides is 2. The van der Waals surface area contributed by atoms with Gasteiger partial charge in [0.15, 0.2) is 17.7 Å². The number of aromatic nitrogens is 1. The molecule has 0 radical (unpaired) electrons. The predicted octanol–water partition coefficient (Wildman–Crippen LogP) is 2.59. The van der Waals surface area contributed by atoms with Gasteiger partial charge in [-0.05, 0) is 56.7 Å². The third-order valence-electron chi connectivity index (χ3n) is 4.44. The SMILES string of the molecule is CCOc1ccc(NC(=O)C(C)N2C(=O)C(CC)Oc3ccc(N)nc32)cc1. The number of rotatable bonds is 6. The summed E-state index contributed by atoms with van der Waals surface area (Å²) in [6, 6.07) is 9.50. The van der Waals surface area contributed by atoms with E-state index in [4.69, 9.17) is 15.2 Å². The number of nitrogens with zero attached hydrogens (tertiary/aromatic N) is 2. The topological polar surface area (TPSA) is 107 Å². The highest BCUT2D eigenvalue weighted by atomic mass is 16.5. The van der Waals surface area contributed by atoms with Crippen LogP contribution in [0.25, 0.3) is 0 Å². The molecule has 2 amide bonds. The largest absolute Gasteiger partial charge is 0.494 e. The second-order valence-electron chi connectivity index (χ2n) is 6.40. The molecule has 8 nitrogen and oxygen atoms in total. The summed E-state index contributed by atoms with van der Waals surface area (Å²) in [5.74, 6) is 0.989. The molecule has 0 bridgehead atoms. The van der Waals surface area contributed by atoms with Crippen LogP contribution in [-0.2, 0) is 9.59 Å². The van der Waals surface area contributed by atoms with Crippen LogP contribution in [0.1, 0.15) is 27.2 Å². The zero-order valence-corrected chi connectivity index (χ0v) is 16.1. The fraction of sp³-hybridized carbons (Fsp3) is 0.350. The molecule has 2 atom stereocenters.